The molecule has 0 saturated carbocycles. The van der Waals surface area contributed by atoms with E-state index in [2.05, 4.69) is 10.3 Å². The molecule has 0 saturated heterocycles. The molecule has 2 aromatic carbocycles. The summed E-state index contributed by atoms with van der Waals surface area (Å²) in [6.45, 7) is 5.69. The van der Waals surface area contributed by atoms with Crippen molar-refractivity contribution in [3.05, 3.63) is 71.8 Å². The molecule has 0 bridgehead atoms. The molecule has 1 aliphatic heterocycles. The van der Waals surface area contributed by atoms with Crippen LogP contribution < -0.4 is 40.0 Å². The molecular formula is C27H31N2NaO7. The van der Waals surface area contributed by atoms with Crippen molar-refractivity contribution in [2.75, 3.05) is 13.2 Å². The number of amides is 2. The first-order valence-corrected chi connectivity index (χ1v) is 11.8. The molecule has 2 unspecified atom stereocenters. The molecular weight excluding hydrogens is 487 g/mol. The van der Waals surface area contributed by atoms with Crippen LogP contribution in [0.1, 0.15) is 60.7 Å². The van der Waals surface area contributed by atoms with Crippen molar-refractivity contribution in [3.63, 3.8) is 0 Å². The Bertz CT molecular complexity index is 1020. The van der Waals surface area contributed by atoms with Crippen molar-refractivity contribution in [1.29, 1.82) is 0 Å². The molecule has 1 N–H and O–H groups in total. The second-order valence-electron chi connectivity index (χ2n) is 8.19. The largest absolute Gasteiger partial charge is 1.00 e. The van der Waals surface area contributed by atoms with Crippen LogP contribution >= 0.6 is 0 Å². The zero-order chi connectivity index (χ0) is 26.6. The van der Waals surface area contributed by atoms with Crippen LogP contribution in [-0.2, 0) is 19.1 Å². The van der Waals surface area contributed by atoms with E-state index in [1.54, 1.807) is 55.5 Å². The van der Waals surface area contributed by atoms with Gasteiger partial charge in [-0.25, -0.2) is 14.6 Å². The van der Waals surface area contributed by atoms with Gasteiger partial charge in [0, 0.05) is 0 Å². The van der Waals surface area contributed by atoms with Crippen LogP contribution in [-0.4, -0.2) is 43.0 Å². The number of aliphatic imine (C=N–C) groups is 1. The van der Waals surface area contributed by atoms with Gasteiger partial charge in [-0.1, -0.05) is 63.6 Å². The van der Waals surface area contributed by atoms with Crippen LogP contribution in [0.15, 0.2) is 65.7 Å². The van der Waals surface area contributed by atoms with Crippen LogP contribution in [0.4, 0.5) is 0 Å². The molecule has 3 rings (SSSR count). The summed E-state index contributed by atoms with van der Waals surface area (Å²) in [6, 6.07) is 16.5. The molecule has 192 valence electrons. The number of esters is 2. The number of rotatable bonds is 9. The summed E-state index contributed by atoms with van der Waals surface area (Å²) in [7, 11) is 0. The summed E-state index contributed by atoms with van der Waals surface area (Å²) in [5.41, 5.74) is -0.201. The summed E-state index contributed by atoms with van der Waals surface area (Å²) >= 11 is 0. The monoisotopic (exact) mass is 518 g/mol. The summed E-state index contributed by atoms with van der Waals surface area (Å²) < 4.78 is 10.00. The molecule has 2 aromatic rings. The second-order valence-corrected chi connectivity index (χ2v) is 8.19. The molecule has 2 atom stereocenters. The van der Waals surface area contributed by atoms with Crippen LogP contribution in [0.3, 0.4) is 0 Å². The van der Waals surface area contributed by atoms with E-state index in [9.17, 15) is 24.3 Å². The van der Waals surface area contributed by atoms with Crippen LogP contribution in [0.5, 0.6) is 0 Å². The third kappa shape index (κ3) is 8.80. The Labute approximate surface area is 238 Å². The molecule has 2 amide bonds. The van der Waals surface area contributed by atoms with Crippen LogP contribution in [0.25, 0.3) is 0 Å². The van der Waals surface area contributed by atoms with Gasteiger partial charge in [0.2, 0.25) is 5.91 Å². The third-order valence-electron chi connectivity index (χ3n) is 5.90. The fraction of sp³-hybridized carbons (Fsp3) is 0.370. The molecule has 0 aliphatic carbocycles. The van der Waals surface area contributed by atoms with Crippen molar-refractivity contribution >= 4 is 29.8 Å². The smallest absolute Gasteiger partial charge is 0.846 e. The van der Waals surface area contributed by atoms with Crippen molar-refractivity contribution < 1.29 is 63.3 Å². The van der Waals surface area contributed by atoms with Crippen LogP contribution in [0.2, 0.25) is 0 Å². The molecule has 0 aromatic heterocycles. The van der Waals surface area contributed by atoms with Crippen molar-refractivity contribution in [3.8, 4) is 0 Å². The molecule has 0 radical (unpaired) electrons. The Balaban J connectivity index is 0.000000369. The Kier molecular flexibility index (Phi) is 13.8. The summed E-state index contributed by atoms with van der Waals surface area (Å²) in [5, 5.41) is 13.1. The number of benzene rings is 2. The Morgan fingerprint density at radius 3 is 1.76 bits per heavy atom. The number of nitrogens with one attached hydrogen (secondary N) is 1. The van der Waals surface area contributed by atoms with E-state index in [1.807, 2.05) is 26.0 Å². The third-order valence-corrected chi connectivity index (χ3v) is 5.90. The van der Waals surface area contributed by atoms with Crippen molar-refractivity contribution in [1.82, 2.24) is 5.32 Å². The van der Waals surface area contributed by atoms with Gasteiger partial charge in [0.15, 0.2) is 0 Å². The van der Waals surface area contributed by atoms with Gasteiger partial charge < -0.3 is 19.9 Å². The normalized spacial score (nSPS) is 17.1. The molecule has 1 aliphatic rings. The van der Waals surface area contributed by atoms with E-state index < -0.39 is 35.2 Å². The quantitative estimate of drug-likeness (QED) is 0.212. The first-order chi connectivity index (χ1) is 17.3. The number of hydrogen-bond donors (Lipinski definition) is 1. The summed E-state index contributed by atoms with van der Waals surface area (Å²) in [5.74, 6) is -2.06. The summed E-state index contributed by atoms with van der Waals surface area (Å²) in [6.07, 6.45) is 2.02. The Morgan fingerprint density at radius 2 is 1.38 bits per heavy atom. The Hall–Kier alpha value is -3.01. The van der Waals surface area contributed by atoms with E-state index in [0.717, 1.165) is 12.8 Å². The number of amidine groups is 1. The molecule has 9 nitrogen and oxygen atoms in total. The topological polar surface area (TPSA) is 134 Å². The maximum atomic E-state index is 11.9. The molecule has 0 fully saturated rings. The first-order valence-electron chi connectivity index (χ1n) is 11.8. The maximum Gasteiger partial charge on any atom is 1.00 e. The van der Waals surface area contributed by atoms with E-state index in [1.165, 1.54) is 0 Å². The number of nitrogens with zero attached hydrogens (tertiary/aromatic N) is 1. The fourth-order valence-corrected chi connectivity index (χ4v) is 3.88. The van der Waals surface area contributed by atoms with Gasteiger partial charge in [-0.15, -0.1) is 0 Å². The number of carbonyl (C=O) groups excluding carboxylic acids is 4. The van der Waals surface area contributed by atoms with E-state index in [0.29, 0.717) is 17.5 Å². The van der Waals surface area contributed by atoms with Gasteiger partial charge in [-0.3, -0.25) is 9.59 Å². The minimum absolute atomic E-state index is 0. The first kappa shape index (κ1) is 32.0. The van der Waals surface area contributed by atoms with Gasteiger partial charge in [0.25, 0.3) is 5.91 Å². The predicted molar refractivity (Wildman–Crippen MR) is 131 cm³/mol. The minimum Gasteiger partial charge on any atom is -0.846 e. The standard InChI is InChI=1S/C16H14O4.C11H18N2O3.Na/c17-15(13-7-3-1-4-8-13)19-11-12-20-16(18)14-9-5-2-6-10-14;1-4-6-7(3)11(5-2)8(14)12-10(16)13-9(11)15;/h1-10H,11-12H2;7H,4-6H2,1-3H3,(H2,12,13,14,15,16);/q;;+1/p-1. The Morgan fingerprint density at radius 1 is 0.919 bits per heavy atom. The van der Waals surface area contributed by atoms with Gasteiger partial charge >= 0.3 is 41.5 Å². The van der Waals surface area contributed by atoms with E-state index >= 15 is 0 Å². The average Bonchev–Trinajstić information content (AvgIpc) is 2.88. The molecule has 10 heteroatoms. The maximum absolute atomic E-state index is 11.9. The zero-order valence-electron chi connectivity index (χ0n) is 21.7. The average molecular weight is 519 g/mol. The minimum atomic E-state index is -1.15. The van der Waals surface area contributed by atoms with Crippen molar-refractivity contribution in [2.24, 2.45) is 16.3 Å². The number of ether oxygens (including phenoxy) is 2. The SMILES string of the molecule is CCCC(C)C1(CC)C(=O)N=C([O-])NC1=O.O=C(OCCOC(=O)c1ccccc1)c1ccccc1.[Na+]. The fourth-order valence-electron chi connectivity index (χ4n) is 3.88. The van der Waals surface area contributed by atoms with Gasteiger partial charge in [0.05, 0.1) is 17.1 Å². The van der Waals surface area contributed by atoms with Gasteiger partial charge in [-0.05, 0) is 43.0 Å². The number of hydrogen-bond acceptors (Lipinski definition) is 7. The van der Waals surface area contributed by atoms with E-state index in [-0.39, 0.29) is 48.7 Å². The predicted octanol–water partition coefficient (Wildman–Crippen LogP) is -0.104. The van der Waals surface area contributed by atoms with Gasteiger partial charge in [0.1, 0.15) is 18.6 Å². The van der Waals surface area contributed by atoms with E-state index in [4.69, 9.17) is 9.47 Å². The zero-order valence-corrected chi connectivity index (χ0v) is 23.7. The molecule has 37 heavy (non-hydrogen) atoms. The van der Waals surface area contributed by atoms with Crippen LogP contribution in [0, 0.1) is 11.3 Å². The van der Waals surface area contributed by atoms with Crippen molar-refractivity contribution in [2.45, 2.75) is 40.0 Å². The van der Waals surface area contributed by atoms with Gasteiger partial charge in [-0.2, -0.15) is 0 Å². The second kappa shape index (κ2) is 16.0. The number of carbonyl (C=O) groups is 4. The summed E-state index contributed by atoms with van der Waals surface area (Å²) in [4.78, 5) is 50.3. The molecule has 0 spiro atoms. The molecule has 1 heterocycles.